The fourth-order valence-electron chi connectivity index (χ4n) is 5.30. The summed E-state index contributed by atoms with van der Waals surface area (Å²) in [6.45, 7) is 1.97. The molecule has 0 radical (unpaired) electrons. The number of carbonyl (C=O) groups excluding carboxylic acids is 2. The molecule has 0 aromatic heterocycles. The van der Waals surface area contributed by atoms with Crippen molar-refractivity contribution >= 4 is 11.9 Å². The number of hydrogen-bond donors (Lipinski definition) is 1. The van der Waals surface area contributed by atoms with Gasteiger partial charge >= 0.3 is 5.97 Å². The number of nitrogens with zero attached hydrogens (tertiary/aromatic N) is 1. The first-order valence-electron chi connectivity index (χ1n) is 11.4. The molecule has 0 saturated carbocycles. The number of carbonyl (C=O) groups is 2. The first-order chi connectivity index (χ1) is 15.9. The predicted octanol–water partition coefficient (Wildman–Crippen LogP) is 3.67. The van der Waals surface area contributed by atoms with Crippen molar-refractivity contribution in [2.45, 2.75) is 18.4 Å². The molecular formula is C28H31N2O3+. The van der Waals surface area contributed by atoms with Crippen molar-refractivity contribution in [3.63, 3.8) is 0 Å². The van der Waals surface area contributed by atoms with E-state index in [4.69, 9.17) is 10.5 Å². The summed E-state index contributed by atoms with van der Waals surface area (Å²) >= 11 is 0. The average Bonchev–Trinajstić information content (AvgIpc) is 3.21. The van der Waals surface area contributed by atoms with E-state index in [-0.39, 0.29) is 30.9 Å². The lowest BCUT2D eigenvalue weighted by Gasteiger charge is -2.38. The van der Waals surface area contributed by atoms with Crippen molar-refractivity contribution in [3.8, 4) is 0 Å². The van der Waals surface area contributed by atoms with Gasteiger partial charge in [0.15, 0.2) is 6.54 Å². The van der Waals surface area contributed by atoms with Gasteiger partial charge in [-0.2, -0.15) is 0 Å². The molecule has 3 aromatic rings. The lowest BCUT2D eigenvalue weighted by atomic mass is 9.64. The molecule has 2 N–H and O–H groups in total. The summed E-state index contributed by atoms with van der Waals surface area (Å²) in [5.41, 5.74) is 7.99. The van der Waals surface area contributed by atoms with Crippen LogP contribution in [0.25, 0.3) is 0 Å². The highest BCUT2D eigenvalue weighted by Crippen LogP contribution is 2.44. The summed E-state index contributed by atoms with van der Waals surface area (Å²) in [5, 5.41) is 0. The Morgan fingerprint density at radius 2 is 1.42 bits per heavy atom. The van der Waals surface area contributed by atoms with Crippen LogP contribution in [-0.4, -0.2) is 43.0 Å². The number of amides is 1. The Hall–Kier alpha value is -3.44. The second-order valence-electron chi connectivity index (χ2n) is 9.22. The Morgan fingerprint density at radius 1 is 0.909 bits per heavy atom. The van der Waals surface area contributed by atoms with Crippen LogP contribution in [0.5, 0.6) is 0 Å². The molecular weight excluding hydrogens is 412 g/mol. The number of hydrogen-bond acceptors (Lipinski definition) is 3. The fraction of sp³-hybridized carbons (Fsp3) is 0.286. The van der Waals surface area contributed by atoms with Gasteiger partial charge in [0, 0.05) is 12.3 Å². The number of ether oxygens (including phenoxy) is 1. The average molecular weight is 444 g/mol. The maximum atomic E-state index is 13.2. The van der Waals surface area contributed by atoms with E-state index < -0.39 is 5.41 Å². The van der Waals surface area contributed by atoms with Crippen LogP contribution in [-0.2, 0) is 26.3 Å². The first kappa shape index (κ1) is 22.7. The third-order valence-electron chi connectivity index (χ3n) is 6.89. The Kier molecular flexibility index (Phi) is 6.61. The van der Waals surface area contributed by atoms with Crippen molar-refractivity contribution in [3.05, 3.63) is 108 Å². The number of esters is 1. The Labute approximate surface area is 195 Å². The molecule has 2 atom stereocenters. The standard InChI is InChI=1S/C28H30N2O3/c1-30(20-26(31)33-21-22-11-5-2-6-12-22)18-17-25(19-30)28(27(29)32,23-13-7-3-8-14-23)24-15-9-4-10-16-24/h2-16,25H,17-21H2,1H3,(H-,29,32)/p+1. The summed E-state index contributed by atoms with van der Waals surface area (Å²) in [6.07, 6.45) is 0.787. The minimum atomic E-state index is -0.952. The quantitative estimate of drug-likeness (QED) is 0.427. The highest BCUT2D eigenvalue weighted by atomic mass is 16.5. The minimum absolute atomic E-state index is 0.0354. The normalized spacial score (nSPS) is 20.3. The molecule has 1 fully saturated rings. The van der Waals surface area contributed by atoms with Crippen LogP contribution in [0.4, 0.5) is 0 Å². The number of primary amides is 1. The number of quaternary nitrogens is 1. The van der Waals surface area contributed by atoms with Crippen molar-refractivity contribution in [1.29, 1.82) is 0 Å². The van der Waals surface area contributed by atoms with E-state index in [0.717, 1.165) is 29.7 Å². The molecule has 33 heavy (non-hydrogen) atoms. The van der Waals surface area contributed by atoms with E-state index in [0.29, 0.717) is 11.0 Å². The van der Waals surface area contributed by atoms with Crippen molar-refractivity contribution in [1.82, 2.24) is 0 Å². The van der Waals surface area contributed by atoms with Crippen molar-refractivity contribution < 1.29 is 18.8 Å². The van der Waals surface area contributed by atoms with E-state index in [1.165, 1.54) is 0 Å². The lowest BCUT2D eigenvalue weighted by Crippen LogP contribution is -2.52. The number of nitrogens with two attached hydrogens (primary N) is 1. The van der Waals surface area contributed by atoms with Gasteiger partial charge in [-0.15, -0.1) is 0 Å². The first-order valence-corrected chi connectivity index (χ1v) is 11.4. The van der Waals surface area contributed by atoms with Gasteiger partial charge in [-0.3, -0.25) is 4.79 Å². The molecule has 4 rings (SSSR count). The van der Waals surface area contributed by atoms with Gasteiger partial charge in [-0.25, -0.2) is 4.79 Å². The molecule has 0 bridgehead atoms. The van der Waals surface area contributed by atoms with Crippen LogP contribution in [0.2, 0.25) is 0 Å². The van der Waals surface area contributed by atoms with Gasteiger partial charge in [0.1, 0.15) is 12.0 Å². The zero-order chi connectivity index (χ0) is 23.3. The number of likely N-dealkylation sites (N-methyl/N-ethyl adjacent to an activating group) is 1. The van der Waals surface area contributed by atoms with Gasteiger partial charge in [0.05, 0.1) is 20.1 Å². The van der Waals surface area contributed by atoms with Crippen molar-refractivity contribution in [2.24, 2.45) is 11.7 Å². The predicted molar refractivity (Wildman–Crippen MR) is 128 cm³/mol. The molecule has 5 nitrogen and oxygen atoms in total. The second kappa shape index (κ2) is 9.59. The number of rotatable bonds is 8. The molecule has 1 aliphatic heterocycles. The van der Waals surface area contributed by atoms with E-state index in [1.54, 1.807) is 0 Å². The van der Waals surface area contributed by atoms with E-state index in [9.17, 15) is 9.59 Å². The minimum Gasteiger partial charge on any atom is -0.457 e. The largest absolute Gasteiger partial charge is 0.457 e. The van der Waals surface area contributed by atoms with Gasteiger partial charge in [0.2, 0.25) is 5.91 Å². The van der Waals surface area contributed by atoms with Crippen LogP contribution >= 0.6 is 0 Å². The zero-order valence-electron chi connectivity index (χ0n) is 19.0. The maximum absolute atomic E-state index is 13.2. The third kappa shape index (κ3) is 4.69. The molecule has 170 valence electrons. The van der Waals surface area contributed by atoms with Crippen LogP contribution in [0.15, 0.2) is 91.0 Å². The highest BCUT2D eigenvalue weighted by Gasteiger charge is 2.53. The number of likely N-dealkylation sites (tertiary alicyclic amines) is 1. The van der Waals surface area contributed by atoms with Crippen LogP contribution < -0.4 is 5.73 Å². The zero-order valence-corrected chi connectivity index (χ0v) is 19.0. The molecule has 0 aliphatic carbocycles. The summed E-state index contributed by atoms with van der Waals surface area (Å²) < 4.78 is 6.07. The maximum Gasteiger partial charge on any atom is 0.362 e. The Morgan fingerprint density at radius 3 is 1.94 bits per heavy atom. The smallest absolute Gasteiger partial charge is 0.362 e. The van der Waals surface area contributed by atoms with Crippen LogP contribution in [0.1, 0.15) is 23.1 Å². The molecule has 1 amide bonds. The highest BCUT2D eigenvalue weighted by molar-refractivity contribution is 5.91. The Bertz CT molecular complexity index is 1050. The fourth-order valence-corrected chi connectivity index (χ4v) is 5.30. The third-order valence-corrected chi connectivity index (χ3v) is 6.89. The topological polar surface area (TPSA) is 69.4 Å². The number of benzene rings is 3. The Balaban J connectivity index is 1.57. The molecule has 3 aromatic carbocycles. The van der Waals surface area contributed by atoms with Gasteiger partial charge < -0.3 is 15.0 Å². The molecule has 2 unspecified atom stereocenters. The van der Waals surface area contributed by atoms with Gasteiger partial charge in [-0.05, 0) is 16.7 Å². The van der Waals surface area contributed by atoms with E-state index in [1.807, 2.05) is 91.0 Å². The SMILES string of the molecule is C[N+]1(CC(=O)OCc2ccccc2)CCC(C(C(N)=O)(c2ccccc2)c2ccccc2)C1. The summed E-state index contributed by atoms with van der Waals surface area (Å²) in [4.78, 5) is 25.9. The summed E-state index contributed by atoms with van der Waals surface area (Å²) in [5.74, 6) is -0.622. The summed E-state index contributed by atoms with van der Waals surface area (Å²) in [6, 6.07) is 29.3. The van der Waals surface area contributed by atoms with Gasteiger partial charge in [0.25, 0.3) is 0 Å². The van der Waals surface area contributed by atoms with Crippen LogP contribution in [0.3, 0.4) is 0 Å². The van der Waals surface area contributed by atoms with Gasteiger partial charge in [-0.1, -0.05) is 91.0 Å². The molecule has 1 aliphatic rings. The molecule has 0 spiro atoms. The van der Waals surface area contributed by atoms with E-state index >= 15 is 0 Å². The van der Waals surface area contributed by atoms with E-state index in [2.05, 4.69) is 7.05 Å². The molecule has 5 heteroatoms. The van der Waals surface area contributed by atoms with Crippen LogP contribution in [0, 0.1) is 5.92 Å². The summed E-state index contributed by atoms with van der Waals surface area (Å²) in [7, 11) is 2.06. The lowest BCUT2D eigenvalue weighted by molar-refractivity contribution is -0.892. The van der Waals surface area contributed by atoms with Crippen molar-refractivity contribution in [2.75, 3.05) is 26.7 Å². The monoisotopic (exact) mass is 443 g/mol. The molecule has 1 heterocycles. The second-order valence-corrected chi connectivity index (χ2v) is 9.22. The molecule has 1 saturated heterocycles.